The summed E-state index contributed by atoms with van der Waals surface area (Å²) in [4.78, 5) is 12.5. The van der Waals surface area contributed by atoms with Crippen LogP contribution in [0.1, 0.15) is 34.8 Å². The van der Waals surface area contributed by atoms with Crippen molar-refractivity contribution >= 4 is 11.9 Å². The molecule has 2 nitrogen and oxygen atoms in total. The summed E-state index contributed by atoms with van der Waals surface area (Å²) >= 11 is 0. The highest BCUT2D eigenvalue weighted by molar-refractivity contribution is 6.13. The highest BCUT2D eigenvalue weighted by Crippen LogP contribution is 2.26. The van der Waals surface area contributed by atoms with Gasteiger partial charge in [0.2, 0.25) is 0 Å². The van der Waals surface area contributed by atoms with Gasteiger partial charge in [-0.1, -0.05) is 36.4 Å². The van der Waals surface area contributed by atoms with Gasteiger partial charge in [0.1, 0.15) is 5.75 Å². The molecule has 2 aromatic rings. The summed E-state index contributed by atoms with van der Waals surface area (Å²) < 4.78 is 5.43. The zero-order valence-electron chi connectivity index (χ0n) is 12.1. The van der Waals surface area contributed by atoms with E-state index in [1.54, 1.807) is 0 Å². The van der Waals surface area contributed by atoms with Crippen LogP contribution in [0, 0.1) is 0 Å². The summed E-state index contributed by atoms with van der Waals surface area (Å²) in [5, 5.41) is 0. The van der Waals surface area contributed by atoms with Crippen molar-refractivity contribution in [2.75, 3.05) is 6.61 Å². The lowest BCUT2D eigenvalue weighted by atomic mass is 9.86. The van der Waals surface area contributed by atoms with Crippen LogP contribution < -0.4 is 4.74 Å². The van der Waals surface area contributed by atoms with Gasteiger partial charge in [-0.15, -0.1) is 0 Å². The van der Waals surface area contributed by atoms with Crippen molar-refractivity contribution in [3.63, 3.8) is 0 Å². The fraction of sp³-hybridized carbons (Fsp3) is 0.211. The molecule has 0 saturated heterocycles. The molecule has 0 saturated carbocycles. The number of hydrogen-bond donors (Lipinski definition) is 0. The maximum absolute atomic E-state index is 12.5. The predicted molar refractivity (Wildman–Crippen MR) is 84.7 cm³/mol. The third kappa shape index (κ3) is 2.89. The first-order valence-corrected chi connectivity index (χ1v) is 7.34. The summed E-state index contributed by atoms with van der Waals surface area (Å²) in [5.74, 6) is 1.02. The molecule has 0 heterocycles. The fourth-order valence-corrected chi connectivity index (χ4v) is 2.68. The SMILES string of the molecule is CCOc1ccc(C=C2CCc3ccccc3C2=O)cc1. The average molecular weight is 278 g/mol. The minimum Gasteiger partial charge on any atom is -0.494 e. The Kier molecular flexibility index (Phi) is 3.87. The van der Waals surface area contributed by atoms with E-state index in [1.807, 2.05) is 61.5 Å². The molecule has 0 atom stereocenters. The third-order valence-electron chi connectivity index (χ3n) is 3.75. The molecular weight excluding hydrogens is 260 g/mol. The highest BCUT2D eigenvalue weighted by atomic mass is 16.5. The van der Waals surface area contributed by atoms with Crippen molar-refractivity contribution < 1.29 is 9.53 Å². The maximum atomic E-state index is 12.5. The first-order valence-electron chi connectivity index (χ1n) is 7.34. The fourth-order valence-electron chi connectivity index (χ4n) is 2.68. The van der Waals surface area contributed by atoms with Crippen LogP contribution in [0.4, 0.5) is 0 Å². The largest absolute Gasteiger partial charge is 0.494 e. The Morgan fingerprint density at radius 3 is 2.57 bits per heavy atom. The Labute approximate surface area is 125 Å². The predicted octanol–water partition coefficient (Wildman–Crippen LogP) is 4.30. The van der Waals surface area contributed by atoms with Gasteiger partial charge < -0.3 is 4.74 Å². The lowest BCUT2D eigenvalue weighted by Crippen LogP contribution is -2.13. The van der Waals surface area contributed by atoms with Crippen LogP contribution in [-0.2, 0) is 6.42 Å². The van der Waals surface area contributed by atoms with Crippen LogP contribution >= 0.6 is 0 Å². The molecule has 0 amide bonds. The van der Waals surface area contributed by atoms with E-state index in [4.69, 9.17) is 4.74 Å². The van der Waals surface area contributed by atoms with Gasteiger partial charge in [-0.2, -0.15) is 0 Å². The van der Waals surface area contributed by atoms with Crippen molar-refractivity contribution in [1.29, 1.82) is 0 Å². The van der Waals surface area contributed by atoms with E-state index in [9.17, 15) is 4.79 Å². The highest BCUT2D eigenvalue weighted by Gasteiger charge is 2.20. The van der Waals surface area contributed by atoms with E-state index in [2.05, 4.69) is 0 Å². The number of ketones is 1. The normalized spacial score (nSPS) is 15.9. The van der Waals surface area contributed by atoms with Gasteiger partial charge in [0, 0.05) is 11.1 Å². The third-order valence-corrected chi connectivity index (χ3v) is 3.75. The second-order valence-corrected chi connectivity index (χ2v) is 5.16. The van der Waals surface area contributed by atoms with Crippen LogP contribution in [0.25, 0.3) is 6.08 Å². The van der Waals surface area contributed by atoms with Gasteiger partial charge in [0.05, 0.1) is 6.61 Å². The second-order valence-electron chi connectivity index (χ2n) is 5.16. The van der Waals surface area contributed by atoms with Crippen LogP contribution in [0.15, 0.2) is 54.1 Å². The minimum absolute atomic E-state index is 0.158. The molecule has 1 aliphatic rings. The van der Waals surface area contributed by atoms with Crippen LogP contribution in [0.3, 0.4) is 0 Å². The van der Waals surface area contributed by atoms with Crippen molar-refractivity contribution in [3.8, 4) is 5.75 Å². The number of aryl methyl sites for hydroxylation is 1. The number of allylic oxidation sites excluding steroid dienone is 1. The number of hydrogen-bond acceptors (Lipinski definition) is 2. The number of Topliss-reactive ketones (excluding diaryl/α,β-unsaturated/α-hetero) is 1. The molecule has 0 aromatic heterocycles. The standard InChI is InChI=1S/C19H18O2/c1-2-21-17-11-7-14(8-12-17)13-16-10-9-15-5-3-4-6-18(15)19(16)20/h3-8,11-13H,2,9-10H2,1H3. The summed E-state index contributed by atoms with van der Waals surface area (Å²) in [5.41, 5.74) is 3.94. The number of carbonyl (C=O) groups excluding carboxylic acids is 1. The van der Waals surface area contributed by atoms with Gasteiger partial charge in [0.15, 0.2) is 5.78 Å². The van der Waals surface area contributed by atoms with Crippen molar-refractivity contribution in [1.82, 2.24) is 0 Å². The summed E-state index contributed by atoms with van der Waals surface area (Å²) in [7, 11) is 0. The van der Waals surface area contributed by atoms with Crippen molar-refractivity contribution in [3.05, 3.63) is 70.8 Å². The van der Waals surface area contributed by atoms with Crippen LogP contribution in [0.5, 0.6) is 5.75 Å². The first-order chi connectivity index (χ1) is 10.3. The number of benzene rings is 2. The molecule has 0 aliphatic heterocycles. The van der Waals surface area contributed by atoms with Gasteiger partial charge in [-0.3, -0.25) is 4.79 Å². The Balaban J connectivity index is 1.86. The molecule has 0 radical (unpaired) electrons. The summed E-state index contributed by atoms with van der Waals surface area (Å²) in [6, 6.07) is 15.7. The average Bonchev–Trinajstić information content (AvgIpc) is 2.52. The molecular formula is C19H18O2. The van der Waals surface area contributed by atoms with E-state index >= 15 is 0 Å². The Bertz CT molecular complexity index is 681. The van der Waals surface area contributed by atoms with E-state index in [0.717, 1.165) is 40.9 Å². The molecule has 1 aliphatic carbocycles. The van der Waals surface area contributed by atoms with Crippen molar-refractivity contribution in [2.45, 2.75) is 19.8 Å². The monoisotopic (exact) mass is 278 g/mol. The minimum atomic E-state index is 0.158. The molecule has 2 aromatic carbocycles. The van der Waals surface area contributed by atoms with Gasteiger partial charge in [-0.05, 0) is 49.1 Å². The van der Waals surface area contributed by atoms with Crippen molar-refractivity contribution in [2.24, 2.45) is 0 Å². The number of ether oxygens (including phenoxy) is 1. The maximum Gasteiger partial charge on any atom is 0.189 e. The number of carbonyl (C=O) groups is 1. The zero-order valence-corrected chi connectivity index (χ0v) is 12.1. The Morgan fingerprint density at radius 2 is 1.81 bits per heavy atom. The topological polar surface area (TPSA) is 26.3 Å². The molecule has 106 valence electrons. The second kappa shape index (κ2) is 5.96. The molecule has 0 bridgehead atoms. The zero-order chi connectivity index (χ0) is 14.7. The lowest BCUT2D eigenvalue weighted by Gasteiger charge is -2.17. The smallest absolute Gasteiger partial charge is 0.189 e. The quantitative estimate of drug-likeness (QED) is 0.782. The van der Waals surface area contributed by atoms with Crippen LogP contribution in [0.2, 0.25) is 0 Å². The number of fused-ring (bicyclic) bond motifs is 1. The van der Waals surface area contributed by atoms with Gasteiger partial charge in [-0.25, -0.2) is 0 Å². The Hall–Kier alpha value is -2.35. The van der Waals surface area contributed by atoms with E-state index in [0.29, 0.717) is 6.61 Å². The van der Waals surface area contributed by atoms with E-state index in [1.165, 1.54) is 0 Å². The molecule has 21 heavy (non-hydrogen) atoms. The first kappa shape index (κ1) is 13.6. The number of rotatable bonds is 3. The Morgan fingerprint density at radius 1 is 1.05 bits per heavy atom. The molecule has 0 fully saturated rings. The molecule has 0 spiro atoms. The molecule has 2 heteroatoms. The molecule has 3 rings (SSSR count). The summed E-state index contributed by atoms with van der Waals surface area (Å²) in [6.07, 6.45) is 3.74. The van der Waals surface area contributed by atoms with Gasteiger partial charge in [0.25, 0.3) is 0 Å². The van der Waals surface area contributed by atoms with Crippen LogP contribution in [-0.4, -0.2) is 12.4 Å². The molecule has 0 N–H and O–H groups in total. The summed E-state index contributed by atoms with van der Waals surface area (Å²) in [6.45, 7) is 2.63. The molecule has 0 unspecified atom stereocenters. The van der Waals surface area contributed by atoms with Gasteiger partial charge >= 0.3 is 0 Å². The lowest BCUT2D eigenvalue weighted by molar-refractivity contribution is 0.102. The van der Waals surface area contributed by atoms with E-state index in [-0.39, 0.29) is 5.78 Å². The van der Waals surface area contributed by atoms with E-state index < -0.39 is 0 Å².